The zero-order chi connectivity index (χ0) is 19.1. The molecule has 0 unspecified atom stereocenters. The molecule has 2 aromatic rings. The van der Waals surface area contributed by atoms with Crippen molar-refractivity contribution in [1.82, 2.24) is 0 Å². The maximum absolute atomic E-state index is 12.2. The van der Waals surface area contributed by atoms with Crippen LogP contribution in [0, 0.1) is 0 Å². The number of phenolic OH excluding ortho intramolecular Hbond substituents is 4. The number of aryl methyl sites for hydroxylation is 2. The van der Waals surface area contributed by atoms with Crippen LogP contribution in [0.5, 0.6) is 23.0 Å². The Morgan fingerprint density at radius 2 is 1.42 bits per heavy atom. The van der Waals surface area contributed by atoms with Crippen LogP contribution in [0.3, 0.4) is 0 Å². The van der Waals surface area contributed by atoms with Gasteiger partial charge in [0.2, 0.25) is 0 Å². The number of benzene rings is 2. The number of phenols is 4. The molecule has 1 atom stereocenters. The molecule has 2 aromatic carbocycles. The van der Waals surface area contributed by atoms with Gasteiger partial charge in [0.05, 0.1) is 6.10 Å². The van der Waals surface area contributed by atoms with Gasteiger partial charge in [0.1, 0.15) is 5.78 Å². The average Bonchev–Trinajstić information content (AvgIpc) is 2.62. The summed E-state index contributed by atoms with van der Waals surface area (Å²) in [7, 11) is 1.56. The number of ketones is 1. The summed E-state index contributed by atoms with van der Waals surface area (Å²) in [6, 6.07) is 9.19. The van der Waals surface area contributed by atoms with Gasteiger partial charge in [0, 0.05) is 20.0 Å². The number of rotatable bonds is 9. The number of carbonyl (C=O) groups is 1. The highest BCUT2D eigenvalue weighted by Gasteiger charge is 2.14. The second-order valence-electron chi connectivity index (χ2n) is 6.29. The lowest BCUT2D eigenvalue weighted by Gasteiger charge is -2.15. The first kappa shape index (κ1) is 19.6. The van der Waals surface area contributed by atoms with Crippen molar-refractivity contribution in [1.29, 1.82) is 0 Å². The second kappa shape index (κ2) is 9.10. The molecule has 0 heterocycles. The lowest BCUT2D eigenvalue weighted by atomic mass is 9.99. The van der Waals surface area contributed by atoms with Crippen molar-refractivity contribution in [3.63, 3.8) is 0 Å². The van der Waals surface area contributed by atoms with Gasteiger partial charge in [-0.25, -0.2) is 0 Å². The largest absolute Gasteiger partial charge is 0.504 e. The zero-order valence-electron chi connectivity index (χ0n) is 14.7. The molecule has 6 heteroatoms. The van der Waals surface area contributed by atoms with E-state index in [0.717, 1.165) is 11.1 Å². The van der Waals surface area contributed by atoms with Crippen molar-refractivity contribution < 1.29 is 30.0 Å². The molecule has 0 bridgehead atoms. The summed E-state index contributed by atoms with van der Waals surface area (Å²) >= 11 is 0. The molecule has 0 aliphatic carbocycles. The molecule has 0 saturated heterocycles. The Balaban J connectivity index is 1.81. The number of carbonyl (C=O) groups excluding carboxylic acids is 1. The van der Waals surface area contributed by atoms with E-state index in [9.17, 15) is 25.2 Å². The lowest BCUT2D eigenvalue weighted by Crippen LogP contribution is -2.17. The standard InChI is InChI=1S/C20H24O6/c1-26-16(7-3-14-5-9-18(23)20(25)11-14)12-15(21)6-2-13-4-8-17(22)19(24)10-13/h4-5,8-11,16,22-25H,2-3,6-7,12H2,1H3/t16-/m1/s1. The van der Waals surface area contributed by atoms with Gasteiger partial charge in [-0.3, -0.25) is 4.79 Å². The highest BCUT2D eigenvalue weighted by atomic mass is 16.5. The molecule has 4 N–H and O–H groups in total. The van der Waals surface area contributed by atoms with E-state index >= 15 is 0 Å². The maximum atomic E-state index is 12.2. The quantitative estimate of drug-likeness (QED) is 0.512. The molecule has 0 amide bonds. The van der Waals surface area contributed by atoms with Crippen LogP contribution in [0.2, 0.25) is 0 Å². The molecule has 6 nitrogen and oxygen atoms in total. The van der Waals surface area contributed by atoms with Crippen molar-refractivity contribution in [2.24, 2.45) is 0 Å². The Morgan fingerprint density at radius 1 is 0.885 bits per heavy atom. The fourth-order valence-electron chi connectivity index (χ4n) is 2.72. The number of methoxy groups -OCH3 is 1. The summed E-state index contributed by atoms with van der Waals surface area (Å²) in [5.74, 6) is -0.642. The fraction of sp³-hybridized carbons (Fsp3) is 0.350. The van der Waals surface area contributed by atoms with Gasteiger partial charge >= 0.3 is 0 Å². The van der Waals surface area contributed by atoms with Crippen LogP contribution in [-0.2, 0) is 22.4 Å². The predicted octanol–water partition coefficient (Wildman–Crippen LogP) is 3.05. The van der Waals surface area contributed by atoms with Crippen LogP contribution in [0.1, 0.15) is 30.4 Å². The SMILES string of the molecule is CO[C@H](CCc1ccc(O)c(O)c1)CC(=O)CCc1ccc(O)c(O)c1. The Morgan fingerprint density at radius 3 is 1.92 bits per heavy atom. The van der Waals surface area contributed by atoms with Crippen molar-refractivity contribution in [2.45, 2.75) is 38.2 Å². The third-order valence-corrected chi connectivity index (χ3v) is 4.32. The van der Waals surface area contributed by atoms with Gasteiger partial charge in [-0.05, 0) is 54.7 Å². The Labute approximate surface area is 152 Å². The van der Waals surface area contributed by atoms with Gasteiger partial charge < -0.3 is 25.2 Å². The van der Waals surface area contributed by atoms with E-state index in [2.05, 4.69) is 0 Å². The lowest BCUT2D eigenvalue weighted by molar-refractivity contribution is -0.121. The van der Waals surface area contributed by atoms with Gasteiger partial charge in [0.25, 0.3) is 0 Å². The highest BCUT2D eigenvalue weighted by Crippen LogP contribution is 2.27. The maximum Gasteiger partial charge on any atom is 0.157 e. The van der Waals surface area contributed by atoms with E-state index in [0.29, 0.717) is 25.7 Å². The van der Waals surface area contributed by atoms with E-state index in [1.165, 1.54) is 24.3 Å². The Kier molecular flexibility index (Phi) is 6.86. The van der Waals surface area contributed by atoms with E-state index in [-0.39, 0.29) is 41.3 Å². The van der Waals surface area contributed by atoms with E-state index < -0.39 is 0 Å². The van der Waals surface area contributed by atoms with Crippen LogP contribution in [0.25, 0.3) is 0 Å². The summed E-state index contributed by atoms with van der Waals surface area (Å²) in [6.07, 6.45) is 2.09. The van der Waals surface area contributed by atoms with Crippen LogP contribution in [0.4, 0.5) is 0 Å². The zero-order valence-corrected chi connectivity index (χ0v) is 14.7. The Hall–Kier alpha value is -2.73. The number of Topliss-reactive ketones (excluding diaryl/α,β-unsaturated/α-hetero) is 1. The molecule has 0 radical (unpaired) electrons. The van der Waals surface area contributed by atoms with Crippen LogP contribution >= 0.6 is 0 Å². The minimum Gasteiger partial charge on any atom is -0.504 e. The molecule has 0 aliphatic heterocycles. The Bertz CT molecular complexity index is 756. The van der Waals surface area contributed by atoms with Gasteiger partial charge in [0.15, 0.2) is 23.0 Å². The minimum atomic E-state index is -0.230. The molecular formula is C20H24O6. The van der Waals surface area contributed by atoms with E-state index in [1.807, 2.05) is 0 Å². The molecular weight excluding hydrogens is 336 g/mol. The van der Waals surface area contributed by atoms with Crippen LogP contribution in [-0.4, -0.2) is 39.4 Å². The topological polar surface area (TPSA) is 107 Å². The third kappa shape index (κ3) is 5.67. The summed E-state index contributed by atoms with van der Waals surface area (Å²) < 4.78 is 5.38. The molecule has 140 valence electrons. The molecule has 0 spiro atoms. The average molecular weight is 360 g/mol. The van der Waals surface area contributed by atoms with Crippen molar-refractivity contribution in [3.05, 3.63) is 47.5 Å². The molecule has 2 rings (SSSR count). The van der Waals surface area contributed by atoms with E-state index in [4.69, 9.17) is 4.74 Å². The molecule has 0 fully saturated rings. The van der Waals surface area contributed by atoms with Crippen molar-refractivity contribution in [3.8, 4) is 23.0 Å². The summed E-state index contributed by atoms with van der Waals surface area (Å²) in [4.78, 5) is 12.2. The first-order chi connectivity index (χ1) is 12.4. The number of aromatic hydroxyl groups is 4. The van der Waals surface area contributed by atoms with Gasteiger partial charge in [-0.1, -0.05) is 12.1 Å². The summed E-state index contributed by atoms with van der Waals surface area (Å²) in [6.45, 7) is 0. The molecule has 26 heavy (non-hydrogen) atoms. The van der Waals surface area contributed by atoms with Crippen molar-refractivity contribution in [2.75, 3.05) is 7.11 Å². The monoisotopic (exact) mass is 360 g/mol. The van der Waals surface area contributed by atoms with Crippen LogP contribution in [0.15, 0.2) is 36.4 Å². The predicted molar refractivity (Wildman–Crippen MR) is 96.6 cm³/mol. The van der Waals surface area contributed by atoms with Gasteiger partial charge in [-0.15, -0.1) is 0 Å². The minimum absolute atomic E-state index is 0.0537. The first-order valence-corrected chi connectivity index (χ1v) is 8.45. The number of ether oxygens (including phenoxy) is 1. The third-order valence-electron chi connectivity index (χ3n) is 4.32. The van der Waals surface area contributed by atoms with Gasteiger partial charge in [-0.2, -0.15) is 0 Å². The smallest absolute Gasteiger partial charge is 0.157 e. The fourth-order valence-corrected chi connectivity index (χ4v) is 2.72. The summed E-state index contributed by atoms with van der Waals surface area (Å²) in [5.41, 5.74) is 1.64. The second-order valence-corrected chi connectivity index (χ2v) is 6.29. The number of hydrogen-bond donors (Lipinski definition) is 4. The molecule has 0 aromatic heterocycles. The molecule has 0 saturated carbocycles. The normalized spacial score (nSPS) is 12.0. The van der Waals surface area contributed by atoms with Crippen molar-refractivity contribution >= 4 is 5.78 Å². The first-order valence-electron chi connectivity index (χ1n) is 8.45. The summed E-state index contributed by atoms with van der Waals surface area (Å²) in [5, 5.41) is 37.6. The van der Waals surface area contributed by atoms with E-state index in [1.54, 1.807) is 19.2 Å². The number of hydrogen-bond acceptors (Lipinski definition) is 6. The van der Waals surface area contributed by atoms with Crippen LogP contribution < -0.4 is 0 Å². The molecule has 0 aliphatic rings. The highest BCUT2D eigenvalue weighted by molar-refractivity contribution is 5.79.